The van der Waals surface area contributed by atoms with Crippen LogP contribution in [-0.2, 0) is 16.0 Å². The lowest BCUT2D eigenvalue weighted by atomic mass is 10.0. The molecule has 0 atom stereocenters. The number of nitrogens with zero attached hydrogens (tertiary/aromatic N) is 1. The fourth-order valence-electron chi connectivity index (χ4n) is 1.37. The number of benzene rings is 1. The number of rotatable bonds is 4. The van der Waals surface area contributed by atoms with Crippen molar-refractivity contribution in [2.75, 3.05) is 7.11 Å². The third-order valence-corrected chi connectivity index (χ3v) is 2.18. The molecule has 0 unspecified atom stereocenters. The summed E-state index contributed by atoms with van der Waals surface area (Å²) in [6.45, 7) is 0. The normalized spacial score (nSPS) is 9.25. The Morgan fingerprint density at radius 1 is 1.56 bits per heavy atom. The molecule has 0 spiro atoms. The van der Waals surface area contributed by atoms with Crippen LogP contribution in [0.4, 0.5) is 0 Å². The third-order valence-electron chi connectivity index (χ3n) is 2.18. The highest BCUT2D eigenvalue weighted by atomic mass is 16.5. The third kappa shape index (κ3) is 2.67. The molecule has 0 heterocycles. The molecule has 1 rings (SSSR count). The van der Waals surface area contributed by atoms with Crippen molar-refractivity contribution in [1.82, 2.24) is 0 Å². The number of hydrogen-bond donors (Lipinski definition) is 0. The van der Waals surface area contributed by atoms with Gasteiger partial charge in [0.25, 0.3) is 0 Å². The van der Waals surface area contributed by atoms with Crippen LogP contribution in [0.15, 0.2) is 18.2 Å². The van der Waals surface area contributed by atoms with Crippen LogP contribution in [0.1, 0.15) is 27.9 Å². The van der Waals surface area contributed by atoms with Gasteiger partial charge in [0.15, 0.2) is 0 Å². The van der Waals surface area contributed by atoms with Crippen molar-refractivity contribution in [1.29, 1.82) is 5.26 Å². The van der Waals surface area contributed by atoms with Crippen molar-refractivity contribution >= 4 is 12.3 Å². The molecule has 0 saturated carbocycles. The summed E-state index contributed by atoms with van der Waals surface area (Å²) < 4.78 is 4.58. The molecular formula is C12H11NO3. The highest BCUT2D eigenvalue weighted by Crippen LogP contribution is 2.13. The standard InChI is InChI=1S/C12H11NO3/c1-16-12(15)10-4-5-11(8-13)9(7-10)3-2-6-14/h4-7H,2-3H2,1H3. The van der Waals surface area contributed by atoms with Crippen LogP contribution in [0.5, 0.6) is 0 Å². The van der Waals surface area contributed by atoms with E-state index < -0.39 is 5.97 Å². The minimum Gasteiger partial charge on any atom is -0.465 e. The second-order valence-electron chi connectivity index (χ2n) is 3.18. The minimum atomic E-state index is -0.447. The zero-order valence-corrected chi connectivity index (χ0v) is 8.90. The van der Waals surface area contributed by atoms with Crippen LogP contribution >= 0.6 is 0 Å². The van der Waals surface area contributed by atoms with E-state index in [1.165, 1.54) is 13.2 Å². The number of aryl methyl sites for hydroxylation is 1. The fraction of sp³-hybridized carbons (Fsp3) is 0.250. The first kappa shape index (κ1) is 11.9. The van der Waals surface area contributed by atoms with E-state index in [0.717, 1.165) is 6.29 Å². The molecule has 0 aliphatic rings. The minimum absolute atomic E-state index is 0.333. The number of carbonyl (C=O) groups is 2. The Morgan fingerprint density at radius 2 is 2.31 bits per heavy atom. The first-order valence-corrected chi connectivity index (χ1v) is 4.78. The van der Waals surface area contributed by atoms with E-state index >= 15 is 0 Å². The largest absolute Gasteiger partial charge is 0.465 e. The summed E-state index contributed by atoms with van der Waals surface area (Å²) in [5, 5.41) is 8.85. The van der Waals surface area contributed by atoms with E-state index in [9.17, 15) is 9.59 Å². The average molecular weight is 217 g/mol. The lowest BCUT2D eigenvalue weighted by Gasteiger charge is -2.04. The van der Waals surface area contributed by atoms with Gasteiger partial charge < -0.3 is 9.53 Å². The van der Waals surface area contributed by atoms with Crippen molar-refractivity contribution in [2.24, 2.45) is 0 Å². The molecule has 0 fully saturated rings. The molecule has 1 aromatic carbocycles. The Morgan fingerprint density at radius 3 is 2.88 bits per heavy atom. The average Bonchev–Trinajstić information content (AvgIpc) is 2.34. The van der Waals surface area contributed by atoms with Gasteiger partial charge in [0.05, 0.1) is 24.3 Å². The zero-order chi connectivity index (χ0) is 12.0. The number of aldehydes is 1. The molecule has 0 bridgehead atoms. The first-order chi connectivity index (χ1) is 7.72. The summed E-state index contributed by atoms with van der Waals surface area (Å²) in [5.74, 6) is -0.447. The number of carbonyl (C=O) groups excluding carboxylic acids is 2. The van der Waals surface area contributed by atoms with E-state index in [-0.39, 0.29) is 0 Å². The van der Waals surface area contributed by atoms with E-state index in [1.54, 1.807) is 12.1 Å². The quantitative estimate of drug-likeness (QED) is 0.565. The van der Waals surface area contributed by atoms with Gasteiger partial charge >= 0.3 is 5.97 Å². The van der Waals surface area contributed by atoms with Crippen molar-refractivity contribution in [3.63, 3.8) is 0 Å². The summed E-state index contributed by atoms with van der Waals surface area (Å²) >= 11 is 0. The van der Waals surface area contributed by atoms with Crippen LogP contribution in [0, 0.1) is 11.3 Å². The number of ether oxygens (including phenoxy) is 1. The highest BCUT2D eigenvalue weighted by Gasteiger charge is 2.09. The molecular weight excluding hydrogens is 206 g/mol. The van der Waals surface area contributed by atoms with Crippen LogP contribution < -0.4 is 0 Å². The summed E-state index contributed by atoms with van der Waals surface area (Å²) in [5.41, 5.74) is 1.56. The molecule has 0 aromatic heterocycles. The zero-order valence-electron chi connectivity index (χ0n) is 8.90. The van der Waals surface area contributed by atoms with Gasteiger partial charge in [0.2, 0.25) is 0 Å². The molecule has 16 heavy (non-hydrogen) atoms. The van der Waals surface area contributed by atoms with E-state index in [2.05, 4.69) is 4.74 Å². The van der Waals surface area contributed by atoms with Gasteiger partial charge in [-0.25, -0.2) is 4.79 Å². The predicted octanol–water partition coefficient (Wildman–Crippen LogP) is 1.48. The fourth-order valence-corrected chi connectivity index (χ4v) is 1.37. The summed E-state index contributed by atoms with van der Waals surface area (Å²) in [4.78, 5) is 21.5. The maximum absolute atomic E-state index is 11.3. The Balaban J connectivity index is 3.06. The number of esters is 1. The van der Waals surface area contributed by atoms with Crippen molar-refractivity contribution in [3.8, 4) is 6.07 Å². The maximum Gasteiger partial charge on any atom is 0.337 e. The monoisotopic (exact) mass is 217 g/mol. The second kappa shape index (κ2) is 5.66. The lowest BCUT2D eigenvalue weighted by molar-refractivity contribution is -0.107. The molecule has 82 valence electrons. The van der Waals surface area contributed by atoms with Crippen molar-refractivity contribution in [2.45, 2.75) is 12.8 Å². The first-order valence-electron chi connectivity index (χ1n) is 4.78. The highest BCUT2D eigenvalue weighted by molar-refractivity contribution is 5.89. The predicted molar refractivity (Wildman–Crippen MR) is 56.9 cm³/mol. The summed E-state index contributed by atoms with van der Waals surface area (Å²) in [6.07, 6.45) is 1.57. The molecule has 0 aliphatic carbocycles. The molecule has 0 aliphatic heterocycles. The molecule has 0 N–H and O–H groups in total. The van der Waals surface area contributed by atoms with Gasteiger partial charge in [0.1, 0.15) is 6.29 Å². The Kier molecular flexibility index (Phi) is 4.22. The molecule has 0 saturated heterocycles. The van der Waals surface area contributed by atoms with Crippen LogP contribution in [0.25, 0.3) is 0 Å². The summed E-state index contributed by atoms with van der Waals surface area (Å²) in [7, 11) is 1.30. The van der Waals surface area contributed by atoms with Crippen LogP contribution in [0.2, 0.25) is 0 Å². The Bertz CT molecular complexity index is 446. The van der Waals surface area contributed by atoms with E-state index in [0.29, 0.717) is 29.5 Å². The number of nitriles is 1. The molecule has 4 heteroatoms. The van der Waals surface area contributed by atoms with Crippen LogP contribution in [-0.4, -0.2) is 19.4 Å². The Labute approximate surface area is 93.5 Å². The molecule has 0 radical (unpaired) electrons. The SMILES string of the molecule is COC(=O)c1ccc(C#N)c(CCC=O)c1. The maximum atomic E-state index is 11.3. The van der Waals surface area contributed by atoms with E-state index in [4.69, 9.17) is 5.26 Å². The smallest absolute Gasteiger partial charge is 0.337 e. The van der Waals surface area contributed by atoms with Gasteiger partial charge in [-0.1, -0.05) is 0 Å². The molecule has 0 amide bonds. The number of hydrogen-bond acceptors (Lipinski definition) is 4. The second-order valence-corrected chi connectivity index (χ2v) is 3.18. The van der Waals surface area contributed by atoms with E-state index in [1.807, 2.05) is 6.07 Å². The van der Waals surface area contributed by atoms with Crippen molar-refractivity contribution < 1.29 is 14.3 Å². The topological polar surface area (TPSA) is 67.2 Å². The van der Waals surface area contributed by atoms with Crippen molar-refractivity contribution in [3.05, 3.63) is 34.9 Å². The Hall–Kier alpha value is -2.15. The summed E-state index contributed by atoms with van der Waals surface area (Å²) in [6, 6.07) is 6.71. The van der Waals surface area contributed by atoms with Gasteiger partial charge in [-0.05, 0) is 30.2 Å². The van der Waals surface area contributed by atoms with Gasteiger partial charge in [-0.3, -0.25) is 0 Å². The lowest BCUT2D eigenvalue weighted by Crippen LogP contribution is -2.03. The van der Waals surface area contributed by atoms with Crippen LogP contribution in [0.3, 0.4) is 0 Å². The molecule has 1 aromatic rings. The molecule has 4 nitrogen and oxygen atoms in total. The van der Waals surface area contributed by atoms with Gasteiger partial charge in [-0.15, -0.1) is 0 Å². The van der Waals surface area contributed by atoms with Gasteiger partial charge in [0, 0.05) is 6.42 Å². The number of methoxy groups -OCH3 is 1. The van der Waals surface area contributed by atoms with Gasteiger partial charge in [-0.2, -0.15) is 5.26 Å².